The Balaban J connectivity index is 3.06. The van der Waals surface area contributed by atoms with Crippen molar-refractivity contribution in [2.45, 2.75) is 20.8 Å². The van der Waals surface area contributed by atoms with Crippen LogP contribution in [-0.4, -0.2) is 17.3 Å². The predicted octanol–water partition coefficient (Wildman–Crippen LogP) is 0.995. The average molecular weight is 182 g/mol. The van der Waals surface area contributed by atoms with Gasteiger partial charge in [0, 0.05) is 6.20 Å². The van der Waals surface area contributed by atoms with E-state index in [1.54, 1.807) is 13.1 Å². The van der Waals surface area contributed by atoms with Crippen LogP contribution in [0.4, 0.5) is 0 Å². The van der Waals surface area contributed by atoms with E-state index in [-0.39, 0.29) is 5.97 Å². The van der Waals surface area contributed by atoms with E-state index < -0.39 is 0 Å². The normalized spacial score (nSPS) is 10.1. The number of carbonyl (C=O) groups excluding carboxylic acids is 1. The van der Waals surface area contributed by atoms with E-state index in [2.05, 4.69) is 0 Å². The standard InChI is InChI=1S/C9H14N2O2/c1-4-13-9(12)8-7(3)6(2)5-11(8)10/h5H,4,10H2,1-3H3. The highest BCUT2D eigenvalue weighted by molar-refractivity contribution is 5.89. The van der Waals surface area contributed by atoms with Crippen molar-refractivity contribution in [1.82, 2.24) is 4.68 Å². The highest BCUT2D eigenvalue weighted by Crippen LogP contribution is 2.14. The van der Waals surface area contributed by atoms with Crippen molar-refractivity contribution in [3.63, 3.8) is 0 Å². The molecule has 0 radical (unpaired) electrons. The fraction of sp³-hybridized carbons (Fsp3) is 0.444. The fourth-order valence-electron chi connectivity index (χ4n) is 1.21. The molecule has 4 heteroatoms. The molecule has 0 saturated carbocycles. The topological polar surface area (TPSA) is 57.2 Å². The van der Waals surface area contributed by atoms with Gasteiger partial charge in [-0.1, -0.05) is 0 Å². The first kappa shape index (κ1) is 9.64. The lowest BCUT2D eigenvalue weighted by Gasteiger charge is -2.03. The zero-order valence-electron chi connectivity index (χ0n) is 8.13. The lowest BCUT2D eigenvalue weighted by atomic mass is 10.2. The van der Waals surface area contributed by atoms with Gasteiger partial charge < -0.3 is 10.6 Å². The highest BCUT2D eigenvalue weighted by atomic mass is 16.5. The molecule has 0 amide bonds. The smallest absolute Gasteiger partial charge is 0.357 e. The van der Waals surface area contributed by atoms with Crippen molar-refractivity contribution in [3.05, 3.63) is 23.0 Å². The van der Waals surface area contributed by atoms with Crippen LogP contribution in [0.1, 0.15) is 28.5 Å². The van der Waals surface area contributed by atoms with Crippen LogP contribution >= 0.6 is 0 Å². The summed E-state index contributed by atoms with van der Waals surface area (Å²) in [4.78, 5) is 11.4. The minimum absolute atomic E-state index is 0.364. The second-order valence-corrected chi connectivity index (χ2v) is 2.91. The van der Waals surface area contributed by atoms with Crippen LogP contribution in [0.5, 0.6) is 0 Å². The summed E-state index contributed by atoms with van der Waals surface area (Å²) in [6.07, 6.45) is 1.71. The summed E-state index contributed by atoms with van der Waals surface area (Å²) in [5.74, 6) is 5.22. The number of hydrogen-bond acceptors (Lipinski definition) is 3. The molecule has 72 valence electrons. The van der Waals surface area contributed by atoms with E-state index in [0.29, 0.717) is 12.3 Å². The minimum atomic E-state index is -0.365. The van der Waals surface area contributed by atoms with Gasteiger partial charge in [0.1, 0.15) is 5.69 Å². The lowest BCUT2D eigenvalue weighted by Crippen LogP contribution is -2.18. The summed E-state index contributed by atoms with van der Waals surface area (Å²) in [6.45, 7) is 5.89. The molecule has 2 N–H and O–H groups in total. The molecule has 0 aromatic carbocycles. The van der Waals surface area contributed by atoms with Crippen LogP contribution < -0.4 is 5.84 Å². The van der Waals surface area contributed by atoms with Crippen LogP contribution in [0.3, 0.4) is 0 Å². The van der Waals surface area contributed by atoms with Crippen LogP contribution in [0.15, 0.2) is 6.20 Å². The average Bonchev–Trinajstić information content (AvgIpc) is 2.27. The summed E-state index contributed by atoms with van der Waals surface area (Å²) in [5.41, 5.74) is 2.30. The monoisotopic (exact) mass is 182 g/mol. The van der Waals surface area contributed by atoms with Crippen molar-refractivity contribution in [3.8, 4) is 0 Å². The molecule has 1 aromatic rings. The SMILES string of the molecule is CCOC(=O)c1c(C)c(C)cn1N. The van der Waals surface area contributed by atoms with Gasteiger partial charge in [-0.25, -0.2) is 4.79 Å². The van der Waals surface area contributed by atoms with Crippen LogP contribution in [0, 0.1) is 13.8 Å². The Kier molecular flexibility index (Phi) is 2.60. The fourth-order valence-corrected chi connectivity index (χ4v) is 1.21. The number of hydrogen-bond donors (Lipinski definition) is 1. The number of rotatable bonds is 2. The largest absolute Gasteiger partial charge is 0.461 e. The molecule has 0 spiro atoms. The Bertz CT molecular complexity index is 329. The highest BCUT2D eigenvalue weighted by Gasteiger charge is 2.16. The van der Waals surface area contributed by atoms with E-state index in [4.69, 9.17) is 10.6 Å². The van der Waals surface area contributed by atoms with E-state index >= 15 is 0 Å². The predicted molar refractivity (Wildman–Crippen MR) is 50.0 cm³/mol. The summed E-state index contributed by atoms with van der Waals surface area (Å²) in [6, 6.07) is 0. The molecule has 1 rings (SSSR count). The summed E-state index contributed by atoms with van der Waals surface area (Å²) < 4.78 is 6.17. The number of nitrogen functional groups attached to an aromatic ring is 1. The molecule has 0 aliphatic carbocycles. The molecular formula is C9H14N2O2. The Labute approximate surface area is 77.3 Å². The quantitative estimate of drug-likeness (QED) is 0.548. The van der Waals surface area contributed by atoms with Gasteiger partial charge in [-0.2, -0.15) is 0 Å². The van der Waals surface area contributed by atoms with E-state index in [0.717, 1.165) is 11.1 Å². The molecule has 0 bridgehead atoms. The molecule has 0 atom stereocenters. The number of aryl methyl sites for hydroxylation is 1. The molecule has 1 aromatic heterocycles. The van der Waals surface area contributed by atoms with Gasteiger partial charge in [-0.3, -0.25) is 4.68 Å². The number of nitrogens with zero attached hydrogens (tertiary/aromatic N) is 1. The van der Waals surface area contributed by atoms with Crippen LogP contribution in [0.2, 0.25) is 0 Å². The number of nitrogens with two attached hydrogens (primary N) is 1. The Hall–Kier alpha value is -1.45. The summed E-state index contributed by atoms with van der Waals surface area (Å²) >= 11 is 0. The number of esters is 1. The van der Waals surface area contributed by atoms with Crippen molar-refractivity contribution < 1.29 is 9.53 Å². The second-order valence-electron chi connectivity index (χ2n) is 2.91. The van der Waals surface area contributed by atoms with Gasteiger partial charge in [0.05, 0.1) is 6.61 Å². The molecule has 0 unspecified atom stereocenters. The third kappa shape index (κ3) is 1.66. The number of aromatic nitrogens is 1. The van der Waals surface area contributed by atoms with Gasteiger partial charge in [0.15, 0.2) is 0 Å². The molecule has 4 nitrogen and oxygen atoms in total. The Morgan fingerprint density at radius 3 is 2.62 bits per heavy atom. The molecular weight excluding hydrogens is 168 g/mol. The first-order valence-corrected chi connectivity index (χ1v) is 4.18. The van der Waals surface area contributed by atoms with Crippen molar-refractivity contribution in [2.75, 3.05) is 12.4 Å². The first-order chi connectivity index (χ1) is 6.07. The van der Waals surface area contributed by atoms with Gasteiger partial charge in [0.2, 0.25) is 0 Å². The summed E-state index contributed by atoms with van der Waals surface area (Å²) in [7, 11) is 0. The Morgan fingerprint density at radius 1 is 1.62 bits per heavy atom. The maximum absolute atomic E-state index is 11.4. The third-order valence-electron chi connectivity index (χ3n) is 2.01. The number of carbonyl (C=O) groups is 1. The zero-order valence-corrected chi connectivity index (χ0v) is 8.13. The van der Waals surface area contributed by atoms with E-state index in [9.17, 15) is 4.79 Å². The molecule has 1 heterocycles. The van der Waals surface area contributed by atoms with Gasteiger partial charge in [0.25, 0.3) is 0 Å². The van der Waals surface area contributed by atoms with Gasteiger partial charge >= 0.3 is 5.97 Å². The lowest BCUT2D eigenvalue weighted by molar-refractivity contribution is 0.0515. The van der Waals surface area contributed by atoms with E-state index in [1.165, 1.54) is 4.68 Å². The molecule has 13 heavy (non-hydrogen) atoms. The maximum Gasteiger partial charge on any atom is 0.357 e. The van der Waals surface area contributed by atoms with Crippen molar-refractivity contribution >= 4 is 5.97 Å². The van der Waals surface area contributed by atoms with Gasteiger partial charge in [-0.15, -0.1) is 0 Å². The molecule has 0 saturated heterocycles. The van der Waals surface area contributed by atoms with Crippen LogP contribution in [0.25, 0.3) is 0 Å². The molecule has 0 fully saturated rings. The second kappa shape index (κ2) is 3.51. The van der Waals surface area contributed by atoms with Crippen LogP contribution in [-0.2, 0) is 4.74 Å². The molecule has 0 aliphatic rings. The molecule has 0 aliphatic heterocycles. The minimum Gasteiger partial charge on any atom is -0.461 e. The Morgan fingerprint density at radius 2 is 2.23 bits per heavy atom. The first-order valence-electron chi connectivity index (χ1n) is 4.18. The van der Waals surface area contributed by atoms with E-state index in [1.807, 2.05) is 13.8 Å². The maximum atomic E-state index is 11.4. The zero-order chi connectivity index (χ0) is 10.0. The van der Waals surface area contributed by atoms with Crippen molar-refractivity contribution in [1.29, 1.82) is 0 Å². The van der Waals surface area contributed by atoms with Crippen molar-refractivity contribution in [2.24, 2.45) is 0 Å². The summed E-state index contributed by atoms with van der Waals surface area (Å²) in [5, 5.41) is 0. The number of ether oxygens (including phenoxy) is 1. The third-order valence-corrected chi connectivity index (χ3v) is 2.01. The van der Waals surface area contributed by atoms with Gasteiger partial charge in [-0.05, 0) is 31.9 Å².